The first-order valence-electron chi connectivity index (χ1n) is 8.86. The lowest BCUT2D eigenvalue weighted by atomic mass is 9.98. The second-order valence-corrected chi connectivity index (χ2v) is 6.82. The van der Waals surface area contributed by atoms with Crippen LogP contribution in [0.3, 0.4) is 0 Å². The lowest BCUT2D eigenvalue weighted by Crippen LogP contribution is -2.45. The van der Waals surface area contributed by atoms with E-state index in [1.54, 1.807) is 0 Å². The molecule has 6 heteroatoms. The molecule has 1 aromatic heterocycles. The number of ether oxygens (including phenoxy) is 1. The summed E-state index contributed by atoms with van der Waals surface area (Å²) in [5.41, 5.74) is 1.87. The molecule has 6 nitrogen and oxygen atoms in total. The van der Waals surface area contributed by atoms with Crippen LogP contribution in [-0.4, -0.2) is 27.5 Å². The second kappa shape index (κ2) is 7.25. The number of aryl methyl sites for hydroxylation is 1. The molecular weight excluding hydrogens is 318 g/mol. The quantitative estimate of drug-likeness (QED) is 0.847. The summed E-state index contributed by atoms with van der Waals surface area (Å²) in [6.07, 6.45) is 3.59. The van der Waals surface area contributed by atoms with E-state index >= 15 is 0 Å². The number of para-hydroxylation sites is 2. The van der Waals surface area contributed by atoms with Crippen molar-refractivity contribution in [2.24, 2.45) is 13.0 Å². The summed E-state index contributed by atoms with van der Waals surface area (Å²) >= 11 is 0. The summed E-state index contributed by atoms with van der Waals surface area (Å²) in [5.74, 6) is 0.275. The Morgan fingerprint density at radius 2 is 1.96 bits per heavy atom. The van der Waals surface area contributed by atoms with Crippen LogP contribution in [0.5, 0.6) is 0 Å². The van der Waals surface area contributed by atoms with E-state index in [1.807, 2.05) is 42.8 Å². The largest absolute Gasteiger partial charge is 0.453 e. The Hall–Kier alpha value is -2.37. The van der Waals surface area contributed by atoms with E-state index in [0.717, 1.165) is 36.7 Å². The molecule has 3 rings (SSSR count). The van der Waals surface area contributed by atoms with Crippen LogP contribution in [0.2, 0.25) is 0 Å². The molecule has 0 saturated heterocycles. The van der Waals surface area contributed by atoms with Crippen molar-refractivity contribution in [3.63, 3.8) is 0 Å². The lowest BCUT2D eigenvalue weighted by molar-refractivity contribution is -0.154. The number of rotatable bonds is 5. The fourth-order valence-corrected chi connectivity index (χ4v) is 3.71. The van der Waals surface area contributed by atoms with Gasteiger partial charge in [0.1, 0.15) is 6.04 Å². The molecule has 2 atom stereocenters. The zero-order valence-corrected chi connectivity index (χ0v) is 15.0. The first-order chi connectivity index (χ1) is 12.0. The first-order valence-corrected chi connectivity index (χ1v) is 8.86. The Bertz CT molecular complexity index is 777. The van der Waals surface area contributed by atoms with Gasteiger partial charge in [0.2, 0.25) is 5.91 Å². The maximum atomic E-state index is 12.7. The van der Waals surface area contributed by atoms with E-state index in [2.05, 4.69) is 10.3 Å². The fraction of sp³-hybridized carbons (Fsp3) is 0.526. The van der Waals surface area contributed by atoms with E-state index in [-0.39, 0.29) is 17.8 Å². The van der Waals surface area contributed by atoms with Crippen LogP contribution in [0.4, 0.5) is 0 Å². The minimum Gasteiger partial charge on any atom is -0.453 e. The van der Waals surface area contributed by atoms with Gasteiger partial charge in [0.15, 0.2) is 11.9 Å². The van der Waals surface area contributed by atoms with Crippen LogP contribution in [0, 0.1) is 5.92 Å². The summed E-state index contributed by atoms with van der Waals surface area (Å²) in [4.78, 5) is 28.8. The third-order valence-corrected chi connectivity index (χ3v) is 4.96. The Morgan fingerprint density at radius 3 is 2.60 bits per heavy atom. The molecular formula is C19H25N3O3. The van der Waals surface area contributed by atoms with Crippen LogP contribution >= 0.6 is 0 Å². The van der Waals surface area contributed by atoms with E-state index in [1.165, 1.54) is 6.92 Å². The number of nitrogens with one attached hydrogen (secondary N) is 1. The van der Waals surface area contributed by atoms with Crippen LogP contribution < -0.4 is 5.32 Å². The number of fused-ring (bicyclic) bond motifs is 1. The first kappa shape index (κ1) is 17.5. The number of nitrogens with zero attached hydrogens (tertiary/aromatic N) is 2. The molecule has 0 spiro atoms. The number of imidazole rings is 1. The van der Waals surface area contributed by atoms with E-state index in [4.69, 9.17) is 4.74 Å². The molecule has 1 saturated carbocycles. The standard InChI is InChI=1S/C19H25N3O3/c1-12(18-21-15-10-6-7-11-16(15)22(18)3)25-19(24)17(20-13(2)23)14-8-4-5-9-14/h6-7,10-12,14,17H,4-5,8-9H2,1-3H3,(H,20,23)/t12-,17+/m0/s1. The summed E-state index contributed by atoms with van der Waals surface area (Å²) in [6, 6.07) is 7.24. The third kappa shape index (κ3) is 3.67. The van der Waals surface area contributed by atoms with Gasteiger partial charge in [-0.25, -0.2) is 9.78 Å². The average Bonchev–Trinajstić information content (AvgIpc) is 3.21. The highest BCUT2D eigenvalue weighted by atomic mass is 16.5. The van der Waals surface area contributed by atoms with Crippen molar-refractivity contribution >= 4 is 22.9 Å². The molecule has 0 radical (unpaired) electrons. The summed E-state index contributed by atoms with van der Waals surface area (Å²) < 4.78 is 7.63. The van der Waals surface area contributed by atoms with Crippen molar-refractivity contribution in [1.82, 2.24) is 14.9 Å². The van der Waals surface area contributed by atoms with Crippen LogP contribution in [-0.2, 0) is 21.4 Å². The Labute approximate surface area is 147 Å². The molecule has 0 bridgehead atoms. The maximum absolute atomic E-state index is 12.7. The van der Waals surface area contributed by atoms with Crippen molar-refractivity contribution in [3.05, 3.63) is 30.1 Å². The highest BCUT2D eigenvalue weighted by Crippen LogP contribution is 2.29. The number of amides is 1. The second-order valence-electron chi connectivity index (χ2n) is 6.82. The molecule has 1 aromatic carbocycles. The van der Waals surface area contributed by atoms with Crippen molar-refractivity contribution < 1.29 is 14.3 Å². The maximum Gasteiger partial charge on any atom is 0.329 e. The molecule has 1 amide bonds. The molecule has 1 aliphatic rings. The number of carbonyl (C=O) groups excluding carboxylic acids is 2. The van der Waals surface area contributed by atoms with Gasteiger partial charge >= 0.3 is 5.97 Å². The van der Waals surface area contributed by atoms with E-state index in [0.29, 0.717) is 5.82 Å². The van der Waals surface area contributed by atoms with Crippen molar-refractivity contribution in [1.29, 1.82) is 0 Å². The zero-order valence-electron chi connectivity index (χ0n) is 15.0. The summed E-state index contributed by atoms with van der Waals surface area (Å²) in [7, 11) is 1.91. The Balaban J connectivity index is 1.77. The van der Waals surface area contributed by atoms with Gasteiger partial charge in [-0.15, -0.1) is 0 Å². The van der Waals surface area contributed by atoms with E-state index in [9.17, 15) is 9.59 Å². The average molecular weight is 343 g/mol. The van der Waals surface area contributed by atoms with Crippen molar-refractivity contribution in [2.75, 3.05) is 0 Å². The molecule has 1 fully saturated rings. The molecule has 1 heterocycles. The van der Waals surface area contributed by atoms with Gasteiger partial charge in [-0.3, -0.25) is 4.79 Å². The van der Waals surface area contributed by atoms with Gasteiger partial charge in [-0.1, -0.05) is 25.0 Å². The zero-order chi connectivity index (χ0) is 18.0. The molecule has 1 aliphatic carbocycles. The minimum absolute atomic E-state index is 0.157. The number of hydrogen-bond donors (Lipinski definition) is 1. The van der Waals surface area contributed by atoms with Gasteiger partial charge in [-0.2, -0.15) is 0 Å². The predicted molar refractivity (Wildman–Crippen MR) is 94.8 cm³/mol. The molecule has 1 N–H and O–H groups in total. The Kier molecular flexibility index (Phi) is 5.06. The Morgan fingerprint density at radius 1 is 1.28 bits per heavy atom. The van der Waals surface area contributed by atoms with Gasteiger partial charge in [-0.05, 0) is 37.8 Å². The summed E-state index contributed by atoms with van der Waals surface area (Å²) in [6.45, 7) is 3.25. The monoisotopic (exact) mass is 343 g/mol. The number of esters is 1. The number of carbonyl (C=O) groups is 2. The smallest absolute Gasteiger partial charge is 0.329 e. The lowest BCUT2D eigenvalue weighted by Gasteiger charge is -2.24. The van der Waals surface area contributed by atoms with Crippen LogP contribution in [0.25, 0.3) is 11.0 Å². The van der Waals surface area contributed by atoms with E-state index < -0.39 is 12.1 Å². The molecule has 25 heavy (non-hydrogen) atoms. The highest BCUT2D eigenvalue weighted by Gasteiger charge is 2.34. The molecule has 0 unspecified atom stereocenters. The van der Waals surface area contributed by atoms with Crippen LogP contribution in [0.1, 0.15) is 51.5 Å². The van der Waals surface area contributed by atoms with Crippen LogP contribution in [0.15, 0.2) is 24.3 Å². The minimum atomic E-state index is -0.572. The topological polar surface area (TPSA) is 73.2 Å². The highest BCUT2D eigenvalue weighted by molar-refractivity contribution is 5.83. The van der Waals surface area contributed by atoms with Gasteiger partial charge in [0.05, 0.1) is 11.0 Å². The van der Waals surface area contributed by atoms with Crippen molar-refractivity contribution in [2.45, 2.75) is 51.7 Å². The predicted octanol–water partition coefficient (Wildman–Crippen LogP) is 2.87. The van der Waals surface area contributed by atoms with Crippen molar-refractivity contribution in [3.8, 4) is 0 Å². The number of benzene rings is 1. The SMILES string of the molecule is CC(=O)N[C@@H](C(=O)O[C@@H](C)c1nc2ccccc2n1C)C1CCCC1. The molecule has 134 valence electrons. The molecule has 0 aliphatic heterocycles. The number of hydrogen-bond acceptors (Lipinski definition) is 4. The summed E-state index contributed by atoms with van der Waals surface area (Å²) in [5, 5.41) is 2.78. The fourth-order valence-electron chi connectivity index (χ4n) is 3.71. The van der Waals surface area contributed by atoms with Gasteiger partial charge in [0, 0.05) is 14.0 Å². The molecule has 2 aromatic rings. The number of aromatic nitrogens is 2. The van der Waals surface area contributed by atoms with Gasteiger partial charge < -0.3 is 14.6 Å². The van der Waals surface area contributed by atoms with Gasteiger partial charge in [0.25, 0.3) is 0 Å². The third-order valence-electron chi connectivity index (χ3n) is 4.96. The normalized spacial score (nSPS) is 17.4.